The summed E-state index contributed by atoms with van der Waals surface area (Å²) < 4.78 is 0. The van der Waals surface area contributed by atoms with Crippen LogP contribution in [0.3, 0.4) is 0 Å². The maximum atomic E-state index is 5.65. The molecule has 0 bridgehead atoms. The molecule has 82 valence electrons. The molecule has 4 heteroatoms. The Balaban J connectivity index is 0. The molecule has 2 N–H and O–H groups in total. The van der Waals surface area contributed by atoms with Crippen molar-refractivity contribution in [2.45, 2.75) is 31.7 Å². The van der Waals surface area contributed by atoms with Crippen LogP contribution in [0.4, 0.5) is 0 Å². The van der Waals surface area contributed by atoms with E-state index in [4.69, 9.17) is 5.73 Å². The molecular weight excluding hydrogens is 207 g/mol. The average molecular weight is 229 g/mol. The van der Waals surface area contributed by atoms with Crippen molar-refractivity contribution in [1.82, 2.24) is 4.90 Å². The van der Waals surface area contributed by atoms with Crippen LogP contribution in [0, 0.1) is 5.92 Å². The highest BCUT2D eigenvalue weighted by Crippen LogP contribution is 2.25. The molecule has 0 heterocycles. The predicted molar refractivity (Wildman–Crippen MR) is 63.0 cm³/mol. The summed E-state index contributed by atoms with van der Waals surface area (Å²) in [5.74, 6) is 0.788. The van der Waals surface area contributed by atoms with Crippen molar-refractivity contribution in [3.63, 3.8) is 0 Å². The van der Waals surface area contributed by atoms with Gasteiger partial charge in [0.05, 0.1) is 0 Å². The van der Waals surface area contributed by atoms with E-state index in [0.29, 0.717) is 0 Å². The molecule has 1 aliphatic rings. The number of halogens is 2. The van der Waals surface area contributed by atoms with Gasteiger partial charge in [0.25, 0.3) is 0 Å². The van der Waals surface area contributed by atoms with Gasteiger partial charge in [-0.2, -0.15) is 0 Å². The molecule has 0 aromatic carbocycles. The maximum Gasteiger partial charge on any atom is 0.00922 e. The van der Waals surface area contributed by atoms with Gasteiger partial charge in [-0.15, -0.1) is 24.8 Å². The van der Waals surface area contributed by atoms with E-state index in [-0.39, 0.29) is 24.8 Å². The Morgan fingerprint density at radius 2 is 1.85 bits per heavy atom. The first-order chi connectivity index (χ1) is 5.24. The summed E-state index contributed by atoms with van der Waals surface area (Å²) in [5, 5.41) is 0. The Kier molecular flexibility index (Phi) is 9.65. The SMILES string of the molecule is CN(C)[C@H]1CCC[C@H](CN)C1.Cl.Cl. The Morgan fingerprint density at radius 1 is 1.23 bits per heavy atom. The number of nitrogens with zero attached hydrogens (tertiary/aromatic N) is 1. The molecule has 13 heavy (non-hydrogen) atoms. The molecule has 2 atom stereocenters. The van der Waals surface area contributed by atoms with Crippen LogP contribution in [0.1, 0.15) is 25.7 Å². The average Bonchev–Trinajstić information content (AvgIpc) is 2.05. The highest BCUT2D eigenvalue weighted by atomic mass is 35.5. The van der Waals surface area contributed by atoms with Gasteiger partial charge in [-0.1, -0.05) is 6.42 Å². The Morgan fingerprint density at radius 3 is 2.31 bits per heavy atom. The molecule has 1 rings (SSSR count). The lowest BCUT2D eigenvalue weighted by Crippen LogP contribution is -2.35. The van der Waals surface area contributed by atoms with Crippen molar-refractivity contribution in [3.8, 4) is 0 Å². The lowest BCUT2D eigenvalue weighted by Gasteiger charge is -2.32. The number of hydrogen-bond acceptors (Lipinski definition) is 2. The summed E-state index contributed by atoms with van der Waals surface area (Å²) in [7, 11) is 4.34. The quantitative estimate of drug-likeness (QED) is 0.783. The Labute approximate surface area is 94.1 Å². The van der Waals surface area contributed by atoms with Gasteiger partial charge in [-0.05, 0) is 45.8 Å². The molecule has 0 unspecified atom stereocenters. The van der Waals surface area contributed by atoms with Crippen molar-refractivity contribution in [1.29, 1.82) is 0 Å². The van der Waals surface area contributed by atoms with Crippen LogP contribution in [0.2, 0.25) is 0 Å². The van der Waals surface area contributed by atoms with Gasteiger partial charge in [-0.25, -0.2) is 0 Å². The number of rotatable bonds is 2. The zero-order chi connectivity index (χ0) is 8.27. The van der Waals surface area contributed by atoms with E-state index < -0.39 is 0 Å². The summed E-state index contributed by atoms with van der Waals surface area (Å²) in [5.41, 5.74) is 5.65. The van der Waals surface area contributed by atoms with Crippen molar-refractivity contribution < 1.29 is 0 Å². The van der Waals surface area contributed by atoms with E-state index in [0.717, 1.165) is 18.5 Å². The lowest BCUT2D eigenvalue weighted by molar-refractivity contribution is 0.188. The molecule has 1 aliphatic carbocycles. The van der Waals surface area contributed by atoms with E-state index in [1.165, 1.54) is 25.7 Å². The zero-order valence-corrected chi connectivity index (χ0v) is 10.2. The van der Waals surface area contributed by atoms with Crippen LogP contribution in [0.5, 0.6) is 0 Å². The smallest absolute Gasteiger partial charge is 0.00922 e. The summed E-state index contributed by atoms with van der Waals surface area (Å²) in [6.45, 7) is 0.879. The van der Waals surface area contributed by atoms with Gasteiger partial charge in [0.1, 0.15) is 0 Å². The molecular formula is C9H22Cl2N2. The van der Waals surface area contributed by atoms with Crippen molar-refractivity contribution in [2.75, 3.05) is 20.6 Å². The topological polar surface area (TPSA) is 29.3 Å². The number of hydrogen-bond donors (Lipinski definition) is 1. The van der Waals surface area contributed by atoms with Crippen LogP contribution in [0.15, 0.2) is 0 Å². The summed E-state index contributed by atoms with van der Waals surface area (Å²) in [6, 6.07) is 0.789. The first-order valence-corrected chi connectivity index (χ1v) is 4.60. The van der Waals surface area contributed by atoms with Gasteiger partial charge >= 0.3 is 0 Å². The fraction of sp³-hybridized carbons (Fsp3) is 1.00. The third-order valence-electron chi connectivity index (χ3n) is 2.82. The molecule has 0 saturated heterocycles. The predicted octanol–water partition coefficient (Wildman–Crippen LogP) is 1.91. The van der Waals surface area contributed by atoms with Crippen LogP contribution in [0.25, 0.3) is 0 Å². The molecule has 0 spiro atoms. The molecule has 2 nitrogen and oxygen atoms in total. The van der Waals surface area contributed by atoms with Gasteiger partial charge in [0.2, 0.25) is 0 Å². The van der Waals surface area contributed by atoms with Gasteiger partial charge < -0.3 is 10.6 Å². The standard InChI is InChI=1S/C9H20N2.2ClH/c1-11(2)9-5-3-4-8(6-9)7-10;;/h8-9H,3-7,10H2,1-2H3;2*1H/t8-,9-;;/m0../s1. The Hall–Kier alpha value is 0.500. The minimum Gasteiger partial charge on any atom is -0.330 e. The summed E-state index contributed by atoms with van der Waals surface area (Å²) in [6.07, 6.45) is 5.39. The van der Waals surface area contributed by atoms with E-state index in [1.54, 1.807) is 0 Å². The van der Waals surface area contributed by atoms with Gasteiger partial charge in [0.15, 0.2) is 0 Å². The molecule has 0 aliphatic heterocycles. The number of nitrogens with two attached hydrogens (primary N) is 1. The molecule has 1 fully saturated rings. The first-order valence-electron chi connectivity index (χ1n) is 4.60. The minimum atomic E-state index is 0. The molecule has 0 amide bonds. The second-order valence-corrected chi connectivity index (χ2v) is 3.89. The second-order valence-electron chi connectivity index (χ2n) is 3.89. The van der Waals surface area contributed by atoms with Crippen molar-refractivity contribution >= 4 is 24.8 Å². The van der Waals surface area contributed by atoms with E-state index in [1.807, 2.05) is 0 Å². The fourth-order valence-electron chi connectivity index (χ4n) is 1.95. The third kappa shape index (κ3) is 5.06. The molecule has 0 aromatic rings. The fourth-order valence-corrected chi connectivity index (χ4v) is 1.95. The monoisotopic (exact) mass is 228 g/mol. The molecule has 1 saturated carbocycles. The largest absolute Gasteiger partial charge is 0.330 e. The Bertz CT molecular complexity index is 120. The normalized spacial score (nSPS) is 27.7. The first kappa shape index (κ1) is 15.9. The molecule has 0 aromatic heterocycles. The zero-order valence-electron chi connectivity index (χ0n) is 8.53. The highest BCUT2D eigenvalue weighted by Gasteiger charge is 2.21. The second kappa shape index (κ2) is 7.86. The van der Waals surface area contributed by atoms with Crippen molar-refractivity contribution in [3.05, 3.63) is 0 Å². The minimum absolute atomic E-state index is 0. The van der Waals surface area contributed by atoms with Crippen LogP contribution < -0.4 is 5.73 Å². The van der Waals surface area contributed by atoms with Gasteiger partial charge in [0, 0.05) is 6.04 Å². The van der Waals surface area contributed by atoms with Gasteiger partial charge in [-0.3, -0.25) is 0 Å². The molecule has 0 radical (unpaired) electrons. The summed E-state index contributed by atoms with van der Waals surface area (Å²) >= 11 is 0. The van der Waals surface area contributed by atoms with Crippen molar-refractivity contribution in [2.24, 2.45) is 11.7 Å². The van der Waals surface area contributed by atoms with E-state index >= 15 is 0 Å². The highest BCUT2D eigenvalue weighted by molar-refractivity contribution is 5.85. The summed E-state index contributed by atoms with van der Waals surface area (Å²) in [4.78, 5) is 2.34. The maximum absolute atomic E-state index is 5.65. The van der Waals surface area contributed by atoms with E-state index in [9.17, 15) is 0 Å². The van der Waals surface area contributed by atoms with Crippen LogP contribution in [-0.2, 0) is 0 Å². The lowest BCUT2D eigenvalue weighted by atomic mass is 9.85. The third-order valence-corrected chi connectivity index (χ3v) is 2.82. The van der Waals surface area contributed by atoms with Crippen LogP contribution >= 0.6 is 24.8 Å². The van der Waals surface area contributed by atoms with E-state index in [2.05, 4.69) is 19.0 Å². The van der Waals surface area contributed by atoms with Crippen LogP contribution in [-0.4, -0.2) is 31.6 Å².